The number of nitrogens with zero attached hydrogens (tertiary/aromatic N) is 3. The van der Waals surface area contributed by atoms with Crippen LogP contribution in [-0.4, -0.2) is 20.8 Å². The number of carbonyl (C=O) groups is 1. The molecule has 0 unspecified atom stereocenters. The maximum absolute atomic E-state index is 11.2. The highest BCUT2D eigenvalue weighted by Gasteiger charge is 2.12. The van der Waals surface area contributed by atoms with Crippen LogP contribution in [0.1, 0.15) is 28.0 Å². The number of hydrogen-bond donors (Lipinski definition) is 0. The molecule has 2 rings (SSSR count). The van der Waals surface area contributed by atoms with Crippen molar-refractivity contribution in [2.45, 2.75) is 20.4 Å². The van der Waals surface area contributed by atoms with Crippen LogP contribution in [0.3, 0.4) is 0 Å². The van der Waals surface area contributed by atoms with Gasteiger partial charge in [0.15, 0.2) is 11.5 Å². The highest BCUT2D eigenvalue weighted by atomic mass is 32.1. The molecule has 5 heteroatoms. The maximum Gasteiger partial charge on any atom is 0.181 e. The van der Waals surface area contributed by atoms with Gasteiger partial charge in [-0.25, -0.2) is 4.68 Å². The Balaban J connectivity index is 2.27. The van der Waals surface area contributed by atoms with Gasteiger partial charge in [0.2, 0.25) is 0 Å². The fraction of sp³-hybridized carbons (Fsp3) is 0.300. The normalized spacial score (nSPS) is 10.5. The first-order valence-corrected chi connectivity index (χ1v) is 5.50. The van der Waals surface area contributed by atoms with Crippen LogP contribution in [0.2, 0.25) is 0 Å². The molecule has 2 aromatic rings. The molecule has 0 bridgehead atoms. The van der Waals surface area contributed by atoms with E-state index in [2.05, 4.69) is 10.3 Å². The lowest BCUT2D eigenvalue weighted by atomic mass is 10.2. The van der Waals surface area contributed by atoms with Crippen molar-refractivity contribution in [2.24, 2.45) is 0 Å². The van der Waals surface area contributed by atoms with E-state index in [1.54, 1.807) is 16.0 Å². The molecule has 0 atom stereocenters. The number of Topliss-reactive ketones (excluding diaryl/α,β-unsaturated/α-hetero) is 1. The predicted octanol–water partition coefficient (Wildman–Crippen LogP) is 1.90. The summed E-state index contributed by atoms with van der Waals surface area (Å²) in [5, 5.41) is 9.85. The van der Waals surface area contributed by atoms with Gasteiger partial charge in [-0.05, 0) is 18.4 Å². The zero-order chi connectivity index (χ0) is 10.8. The molecule has 2 heterocycles. The van der Waals surface area contributed by atoms with Crippen LogP contribution >= 0.6 is 11.3 Å². The molecule has 0 aliphatic carbocycles. The van der Waals surface area contributed by atoms with Crippen LogP contribution in [0.4, 0.5) is 0 Å². The summed E-state index contributed by atoms with van der Waals surface area (Å²) in [7, 11) is 0. The van der Waals surface area contributed by atoms with Crippen LogP contribution < -0.4 is 0 Å². The number of thiophene rings is 1. The Bertz CT molecular complexity index is 473. The van der Waals surface area contributed by atoms with E-state index < -0.39 is 0 Å². The Morgan fingerprint density at radius 1 is 1.60 bits per heavy atom. The summed E-state index contributed by atoms with van der Waals surface area (Å²) in [6.07, 6.45) is 0. The fourth-order valence-corrected chi connectivity index (χ4v) is 2.07. The molecule has 0 aliphatic heterocycles. The summed E-state index contributed by atoms with van der Waals surface area (Å²) in [5.74, 6) is -0.0371. The summed E-state index contributed by atoms with van der Waals surface area (Å²) < 4.78 is 1.75. The summed E-state index contributed by atoms with van der Waals surface area (Å²) in [6.45, 7) is 4.06. The first kappa shape index (κ1) is 10.0. The Kier molecular flexibility index (Phi) is 2.64. The van der Waals surface area contributed by atoms with Gasteiger partial charge in [-0.3, -0.25) is 4.79 Å². The van der Waals surface area contributed by atoms with Gasteiger partial charge in [0.1, 0.15) is 0 Å². The first-order chi connectivity index (χ1) is 7.18. The second kappa shape index (κ2) is 3.94. The van der Waals surface area contributed by atoms with E-state index in [-0.39, 0.29) is 5.78 Å². The van der Waals surface area contributed by atoms with Gasteiger partial charge in [0.05, 0.1) is 12.2 Å². The van der Waals surface area contributed by atoms with Crippen LogP contribution in [0.5, 0.6) is 0 Å². The Morgan fingerprint density at radius 3 is 2.93 bits per heavy atom. The molecule has 0 amide bonds. The Morgan fingerprint density at radius 2 is 2.40 bits per heavy atom. The second-order valence-electron chi connectivity index (χ2n) is 3.32. The lowest BCUT2D eigenvalue weighted by Crippen LogP contribution is -2.03. The van der Waals surface area contributed by atoms with Gasteiger partial charge in [-0.15, -0.1) is 16.4 Å². The molecule has 0 saturated carbocycles. The van der Waals surface area contributed by atoms with Gasteiger partial charge in [0, 0.05) is 11.8 Å². The number of rotatable bonds is 3. The fourth-order valence-electron chi connectivity index (χ4n) is 1.39. The Hall–Kier alpha value is -1.49. The maximum atomic E-state index is 11.2. The van der Waals surface area contributed by atoms with Crippen LogP contribution in [-0.2, 0) is 6.54 Å². The van der Waals surface area contributed by atoms with E-state index >= 15 is 0 Å². The first-order valence-electron chi connectivity index (χ1n) is 4.62. The van der Waals surface area contributed by atoms with Crippen molar-refractivity contribution in [3.05, 3.63) is 33.8 Å². The molecule has 15 heavy (non-hydrogen) atoms. The third-order valence-electron chi connectivity index (χ3n) is 2.20. The molecular weight excluding hydrogens is 210 g/mol. The smallest absolute Gasteiger partial charge is 0.181 e. The van der Waals surface area contributed by atoms with Crippen molar-refractivity contribution in [3.8, 4) is 0 Å². The monoisotopic (exact) mass is 221 g/mol. The molecular formula is C10H11N3OS. The number of aromatic nitrogens is 3. The van der Waals surface area contributed by atoms with Crippen molar-refractivity contribution >= 4 is 17.1 Å². The Labute approximate surface area is 91.5 Å². The summed E-state index contributed by atoms with van der Waals surface area (Å²) in [4.78, 5) is 12.4. The molecule has 78 valence electrons. The highest BCUT2D eigenvalue weighted by Crippen LogP contribution is 2.12. The molecule has 0 aliphatic rings. The number of hydrogen-bond acceptors (Lipinski definition) is 4. The molecule has 2 aromatic heterocycles. The highest BCUT2D eigenvalue weighted by molar-refractivity contribution is 7.09. The second-order valence-corrected chi connectivity index (χ2v) is 4.35. The average molecular weight is 221 g/mol. The van der Waals surface area contributed by atoms with Gasteiger partial charge in [-0.1, -0.05) is 11.3 Å². The standard InChI is InChI=1S/C10H11N3OS/c1-7-10(8(2)14)11-12-13(7)6-9-4-3-5-15-9/h3-5H,6H2,1-2H3. The van der Waals surface area contributed by atoms with E-state index in [1.165, 1.54) is 11.8 Å². The summed E-state index contributed by atoms with van der Waals surface area (Å²) in [6, 6.07) is 4.04. The van der Waals surface area contributed by atoms with Gasteiger partial charge < -0.3 is 0 Å². The summed E-state index contributed by atoms with van der Waals surface area (Å²) >= 11 is 1.67. The van der Waals surface area contributed by atoms with E-state index in [0.717, 1.165) is 5.69 Å². The van der Waals surface area contributed by atoms with Crippen molar-refractivity contribution in [1.82, 2.24) is 15.0 Å². The summed E-state index contributed by atoms with van der Waals surface area (Å²) in [5.41, 5.74) is 1.29. The topological polar surface area (TPSA) is 47.8 Å². The number of carbonyl (C=O) groups excluding carboxylic acids is 1. The average Bonchev–Trinajstić information content (AvgIpc) is 2.78. The zero-order valence-corrected chi connectivity index (χ0v) is 9.41. The van der Waals surface area contributed by atoms with Crippen LogP contribution in [0.15, 0.2) is 17.5 Å². The van der Waals surface area contributed by atoms with Crippen molar-refractivity contribution in [1.29, 1.82) is 0 Å². The SMILES string of the molecule is CC(=O)c1nnn(Cc2cccs2)c1C. The predicted molar refractivity (Wildman–Crippen MR) is 58.2 cm³/mol. The number of ketones is 1. The van der Waals surface area contributed by atoms with E-state index in [9.17, 15) is 4.79 Å². The van der Waals surface area contributed by atoms with Gasteiger partial charge in [-0.2, -0.15) is 0 Å². The van der Waals surface area contributed by atoms with Crippen molar-refractivity contribution in [3.63, 3.8) is 0 Å². The van der Waals surface area contributed by atoms with E-state index in [1.807, 2.05) is 24.4 Å². The minimum atomic E-state index is -0.0371. The molecule has 4 nitrogen and oxygen atoms in total. The van der Waals surface area contributed by atoms with Crippen molar-refractivity contribution < 1.29 is 4.79 Å². The van der Waals surface area contributed by atoms with E-state index in [4.69, 9.17) is 0 Å². The third-order valence-corrected chi connectivity index (χ3v) is 3.06. The van der Waals surface area contributed by atoms with Crippen LogP contribution in [0.25, 0.3) is 0 Å². The lowest BCUT2D eigenvalue weighted by Gasteiger charge is -2.00. The van der Waals surface area contributed by atoms with E-state index in [0.29, 0.717) is 12.2 Å². The molecule has 0 N–H and O–H groups in total. The molecule has 0 spiro atoms. The molecule has 0 fully saturated rings. The van der Waals surface area contributed by atoms with Crippen molar-refractivity contribution in [2.75, 3.05) is 0 Å². The third kappa shape index (κ3) is 1.97. The quantitative estimate of drug-likeness (QED) is 0.744. The lowest BCUT2D eigenvalue weighted by molar-refractivity contribution is 0.101. The van der Waals surface area contributed by atoms with Gasteiger partial charge in [0.25, 0.3) is 0 Å². The molecule has 0 radical (unpaired) electrons. The molecule has 0 saturated heterocycles. The zero-order valence-electron chi connectivity index (χ0n) is 8.60. The van der Waals surface area contributed by atoms with Crippen LogP contribution in [0, 0.1) is 6.92 Å². The minimum absolute atomic E-state index is 0.0371. The molecule has 0 aromatic carbocycles. The largest absolute Gasteiger partial charge is 0.293 e. The van der Waals surface area contributed by atoms with Gasteiger partial charge >= 0.3 is 0 Å². The minimum Gasteiger partial charge on any atom is -0.293 e.